The summed E-state index contributed by atoms with van der Waals surface area (Å²) in [6, 6.07) is 2.97. The van der Waals surface area contributed by atoms with Crippen molar-refractivity contribution in [2.45, 2.75) is 0 Å². The highest BCUT2D eigenvalue weighted by Crippen LogP contribution is 2.17. The third-order valence-electron chi connectivity index (χ3n) is 2.47. The fraction of sp³-hybridized carbons (Fsp3) is 0.400. The second-order valence-electron chi connectivity index (χ2n) is 3.64. The van der Waals surface area contributed by atoms with Gasteiger partial charge >= 0.3 is 0 Å². The number of carbonyl (C=O) groups excluding carboxylic acids is 1. The molecule has 0 atom stereocenters. The van der Waals surface area contributed by atoms with Gasteiger partial charge in [0.05, 0.1) is 0 Å². The van der Waals surface area contributed by atoms with Gasteiger partial charge in [-0.1, -0.05) is 23.2 Å². The Labute approximate surface area is 111 Å². The minimum absolute atomic E-state index is 0.145. The number of carbonyl (C=O) groups is 1. The quantitative estimate of drug-likeness (QED) is 0.739. The lowest BCUT2D eigenvalue weighted by atomic mass is 10.2. The molecule has 1 aromatic rings. The minimum Gasteiger partial charge on any atom is -0.337 e. The summed E-state index contributed by atoms with van der Waals surface area (Å²) in [4.78, 5) is 17.5. The van der Waals surface area contributed by atoms with Crippen LogP contribution in [0.15, 0.2) is 12.1 Å². The van der Waals surface area contributed by atoms with Crippen molar-refractivity contribution in [2.24, 2.45) is 0 Å². The van der Waals surface area contributed by atoms with Crippen LogP contribution in [0, 0.1) is 0 Å². The molecule has 1 aromatic heterocycles. The molecule has 4 nitrogen and oxygen atoms in total. The predicted molar refractivity (Wildman–Crippen MR) is 68.0 cm³/mol. The van der Waals surface area contributed by atoms with E-state index in [0.29, 0.717) is 30.2 Å². The van der Waals surface area contributed by atoms with E-state index in [2.05, 4.69) is 4.98 Å². The Morgan fingerprint density at radius 3 is 2.29 bits per heavy atom. The molecule has 7 heteroatoms. The summed E-state index contributed by atoms with van der Waals surface area (Å²) in [5.74, 6) is 0.907. The van der Waals surface area contributed by atoms with Crippen molar-refractivity contribution in [1.29, 1.82) is 0 Å². The zero-order valence-corrected chi connectivity index (χ0v) is 11.2. The van der Waals surface area contributed by atoms with Crippen LogP contribution in [-0.4, -0.2) is 44.6 Å². The number of pyridine rings is 1. The fourth-order valence-corrected chi connectivity index (χ4v) is 3.12. The predicted octanol–water partition coefficient (Wildman–Crippen LogP) is 1.59. The van der Waals surface area contributed by atoms with Gasteiger partial charge in [0.1, 0.15) is 10.3 Å². The number of amides is 1. The van der Waals surface area contributed by atoms with Crippen molar-refractivity contribution in [2.75, 3.05) is 24.6 Å². The van der Waals surface area contributed by atoms with Crippen LogP contribution in [0.3, 0.4) is 0 Å². The van der Waals surface area contributed by atoms with E-state index < -0.39 is 10.8 Å². The molecule has 0 saturated carbocycles. The van der Waals surface area contributed by atoms with Gasteiger partial charge in [-0.2, -0.15) is 0 Å². The van der Waals surface area contributed by atoms with Gasteiger partial charge in [0.15, 0.2) is 0 Å². The number of halogens is 2. The van der Waals surface area contributed by atoms with Gasteiger partial charge in [-0.25, -0.2) is 4.98 Å². The SMILES string of the molecule is O=C(c1cc(Cl)nc(Cl)c1)N1CCS(=O)CC1. The van der Waals surface area contributed by atoms with Crippen LogP contribution >= 0.6 is 23.2 Å². The number of nitrogens with zero attached hydrogens (tertiary/aromatic N) is 2. The molecule has 1 saturated heterocycles. The van der Waals surface area contributed by atoms with Crippen molar-refractivity contribution < 1.29 is 9.00 Å². The molecule has 2 rings (SSSR count). The van der Waals surface area contributed by atoms with Crippen LogP contribution in [0.25, 0.3) is 0 Å². The van der Waals surface area contributed by atoms with Gasteiger partial charge in [-0.3, -0.25) is 9.00 Å². The molecule has 0 radical (unpaired) electrons. The average molecular weight is 293 g/mol. The highest BCUT2D eigenvalue weighted by atomic mass is 35.5. The summed E-state index contributed by atoms with van der Waals surface area (Å²) in [5.41, 5.74) is 0.419. The molecule has 0 spiro atoms. The van der Waals surface area contributed by atoms with E-state index in [1.165, 1.54) is 12.1 Å². The van der Waals surface area contributed by atoms with Crippen LogP contribution in [0.1, 0.15) is 10.4 Å². The maximum Gasteiger partial charge on any atom is 0.254 e. The van der Waals surface area contributed by atoms with E-state index >= 15 is 0 Å². The average Bonchev–Trinajstić information content (AvgIpc) is 2.28. The van der Waals surface area contributed by atoms with Gasteiger partial charge in [0.25, 0.3) is 5.91 Å². The molecular formula is C10H10Cl2N2O2S. The molecule has 1 fully saturated rings. The monoisotopic (exact) mass is 292 g/mol. The molecule has 17 heavy (non-hydrogen) atoms. The molecule has 2 heterocycles. The third kappa shape index (κ3) is 3.18. The molecule has 1 aliphatic heterocycles. The first-order valence-electron chi connectivity index (χ1n) is 5.03. The van der Waals surface area contributed by atoms with Crippen molar-refractivity contribution in [1.82, 2.24) is 9.88 Å². The summed E-state index contributed by atoms with van der Waals surface area (Å²) in [6.45, 7) is 1.01. The van der Waals surface area contributed by atoms with E-state index in [0.717, 1.165) is 0 Å². The molecular weight excluding hydrogens is 283 g/mol. The number of rotatable bonds is 1. The summed E-state index contributed by atoms with van der Waals surface area (Å²) in [7, 11) is -0.801. The maximum absolute atomic E-state index is 12.1. The molecule has 0 unspecified atom stereocenters. The highest BCUT2D eigenvalue weighted by Gasteiger charge is 2.21. The van der Waals surface area contributed by atoms with Crippen LogP contribution < -0.4 is 0 Å². The van der Waals surface area contributed by atoms with Gasteiger partial charge in [-0.15, -0.1) is 0 Å². The highest BCUT2D eigenvalue weighted by molar-refractivity contribution is 7.85. The van der Waals surface area contributed by atoms with E-state index in [1.54, 1.807) is 4.90 Å². The number of hydrogen-bond donors (Lipinski definition) is 0. The molecule has 1 aliphatic rings. The van der Waals surface area contributed by atoms with E-state index in [-0.39, 0.29) is 16.2 Å². The van der Waals surface area contributed by atoms with Crippen LogP contribution in [0.4, 0.5) is 0 Å². The van der Waals surface area contributed by atoms with Gasteiger partial charge in [0, 0.05) is 41.0 Å². The molecule has 0 N–H and O–H groups in total. The van der Waals surface area contributed by atoms with Gasteiger partial charge < -0.3 is 4.90 Å². The topological polar surface area (TPSA) is 50.3 Å². The second-order valence-corrected chi connectivity index (χ2v) is 6.11. The first kappa shape index (κ1) is 12.8. The number of aromatic nitrogens is 1. The van der Waals surface area contributed by atoms with Crippen molar-refractivity contribution in [3.63, 3.8) is 0 Å². The Balaban J connectivity index is 2.16. The van der Waals surface area contributed by atoms with Crippen LogP contribution in [0.5, 0.6) is 0 Å². The van der Waals surface area contributed by atoms with Crippen LogP contribution in [-0.2, 0) is 10.8 Å². The van der Waals surface area contributed by atoms with Crippen molar-refractivity contribution in [3.8, 4) is 0 Å². The normalized spacial score (nSPS) is 17.2. The summed E-state index contributed by atoms with van der Waals surface area (Å²) in [6.07, 6.45) is 0. The van der Waals surface area contributed by atoms with Gasteiger partial charge in [0.2, 0.25) is 0 Å². The Bertz CT molecular complexity index is 451. The first-order chi connectivity index (χ1) is 8.06. The zero-order valence-electron chi connectivity index (χ0n) is 8.86. The Morgan fingerprint density at radius 2 is 1.76 bits per heavy atom. The molecule has 1 amide bonds. The molecule has 0 aliphatic carbocycles. The first-order valence-corrected chi connectivity index (χ1v) is 7.28. The van der Waals surface area contributed by atoms with E-state index in [9.17, 15) is 9.00 Å². The summed E-state index contributed by atoms with van der Waals surface area (Å²) in [5, 5.41) is 0.392. The lowest BCUT2D eigenvalue weighted by molar-refractivity contribution is 0.0771. The summed E-state index contributed by atoms with van der Waals surface area (Å²) < 4.78 is 11.2. The van der Waals surface area contributed by atoms with E-state index in [1.807, 2.05) is 0 Å². The van der Waals surface area contributed by atoms with Crippen LogP contribution in [0.2, 0.25) is 10.3 Å². The largest absolute Gasteiger partial charge is 0.337 e. The second kappa shape index (κ2) is 5.33. The molecule has 0 aromatic carbocycles. The smallest absolute Gasteiger partial charge is 0.254 e. The minimum atomic E-state index is -0.801. The van der Waals surface area contributed by atoms with Crippen molar-refractivity contribution in [3.05, 3.63) is 28.0 Å². The maximum atomic E-state index is 12.1. The Hall–Kier alpha value is -0.650. The van der Waals surface area contributed by atoms with Gasteiger partial charge in [-0.05, 0) is 12.1 Å². The molecule has 92 valence electrons. The lowest BCUT2D eigenvalue weighted by Crippen LogP contribution is -2.41. The fourth-order valence-electron chi connectivity index (χ4n) is 1.61. The Kier molecular flexibility index (Phi) is 4.01. The standard InChI is InChI=1S/C10H10Cl2N2O2S/c11-8-5-7(6-9(12)13-8)10(15)14-1-3-17(16)4-2-14/h5-6H,1-4H2. The summed E-state index contributed by atoms with van der Waals surface area (Å²) >= 11 is 11.5. The Morgan fingerprint density at radius 1 is 1.24 bits per heavy atom. The molecule has 0 bridgehead atoms. The van der Waals surface area contributed by atoms with E-state index in [4.69, 9.17) is 23.2 Å². The van der Waals surface area contributed by atoms with Crippen molar-refractivity contribution >= 4 is 39.9 Å². The lowest BCUT2D eigenvalue weighted by Gasteiger charge is -2.26. The third-order valence-corrected chi connectivity index (χ3v) is 4.14. The zero-order chi connectivity index (χ0) is 12.4. The number of hydrogen-bond acceptors (Lipinski definition) is 3.